The van der Waals surface area contributed by atoms with Crippen LogP contribution in [0, 0.1) is 5.92 Å². The number of ketones is 1. The van der Waals surface area contributed by atoms with Crippen LogP contribution in [0.4, 0.5) is 5.82 Å². The summed E-state index contributed by atoms with van der Waals surface area (Å²) in [5.41, 5.74) is 2.95. The van der Waals surface area contributed by atoms with Crippen molar-refractivity contribution < 1.29 is 14.3 Å². The van der Waals surface area contributed by atoms with E-state index >= 15 is 0 Å². The van der Waals surface area contributed by atoms with Gasteiger partial charge in [-0.15, -0.1) is 0 Å². The summed E-state index contributed by atoms with van der Waals surface area (Å²) in [6.45, 7) is 1.48. The highest BCUT2D eigenvalue weighted by atomic mass is 16.5. The van der Waals surface area contributed by atoms with E-state index in [1.807, 2.05) is 16.9 Å². The van der Waals surface area contributed by atoms with Gasteiger partial charge in [-0.05, 0) is 49.5 Å². The van der Waals surface area contributed by atoms with Gasteiger partial charge in [0, 0.05) is 37.6 Å². The molecule has 0 aromatic carbocycles. The quantitative estimate of drug-likeness (QED) is 0.700. The first-order valence-electron chi connectivity index (χ1n) is 11.5. The molecule has 4 heterocycles. The predicted molar refractivity (Wildman–Crippen MR) is 117 cm³/mol. The predicted octanol–water partition coefficient (Wildman–Crippen LogP) is 4.66. The van der Waals surface area contributed by atoms with E-state index in [1.54, 1.807) is 13.3 Å². The number of nitrogens with zero attached hydrogens (tertiary/aromatic N) is 4. The van der Waals surface area contributed by atoms with Crippen LogP contribution in [0.5, 0.6) is 5.88 Å². The van der Waals surface area contributed by atoms with Crippen LogP contribution < -0.4 is 4.74 Å². The van der Waals surface area contributed by atoms with Crippen molar-refractivity contribution in [2.75, 3.05) is 20.3 Å². The Morgan fingerprint density at radius 3 is 2.74 bits per heavy atom. The monoisotopic (exact) mass is 422 g/mol. The van der Waals surface area contributed by atoms with Crippen LogP contribution in [-0.2, 0) is 4.74 Å². The van der Waals surface area contributed by atoms with Crippen LogP contribution in [0.1, 0.15) is 79.2 Å². The lowest BCUT2D eigenvalue weighted by Gasteiger charge is -2.32. The standard InChI is InChI=1S/C24H30N4O3/c1-30-23-7-6-17(14-25-23)20-5-3-2-4-16(20)12-18-13-22(29)21-15-26-28(24(21)27-18)19-8-10-31-11-9-19/h6-7,14-16,19-20H,2-5,8-13H2,1H3/t16-,20-/m1/s1. The van der Waals surface area contributed by atoms with Gasteiger partial charge in [0.25, 0.3) is 0 Å². The van der Waals surface area contributed by atoms with Crippen molar-refractivity contribution in [1.29, 1.82) is 0 Å². The topological polar surface area (TPSA) is 78.6 Å². The molecule has 2 fully saturated rings. The van der Waals surface area contributed by atoms with Crippen LogP contribution >= 0.6 is 0 Å². The fraction of sp³-hybridized carbons (Fsp3) is 0.583. The Kier molecular flexibility index (Phi) is 5.85. The minimum atomic E-state index is 0.150. The Labute approximate surface area is 182 Å². The number of aliphatic imine (C=N–C) groups is 1. The molecule has 0 N–H and O–H groups in total. The Balaban J connectivity index is 1.38. The SMILES string of the molecule is COc1ccc([C@@H]2CCCC[C@@H]2CC2=Nc3c(cnn3C3CCOCC3)C(=O)C2)cn1. The van der Waals surface area contributed by atoms with Crippen molar-refractivity contribution in [3.8, 4) is 5.88 Å². The van der Waals surface area contributed by atoms with Crippen molar-refractivity contribution >= 4 is 17.3 Å². The molecule has 1 saturated carbocycles. The van der Waals surface area contributed by atoms with E-state index in [0.717, 1.165) is 56.8 Å². The summed E-state index contributed by atoms with van der Waals surface area (Å²) in [6.07, 6.45) is 11.6. The second-order valence-electron chi connectivity index (χ2n) is 8.94. The van der Waals surface area contributed by atoms with E-state index < -0.39 is 0 Å². The number of methoxy groups -OCH3 is 1. The largest absolute Gasteiger partial charge is 0.481 e. The van der Waals surface area contributed by atoms with E-state index in [-0.39, 0.29) is 11.8 Å². The van der Waals surface area contributed by atoms with Crippen molar-refractivity contribution in [2.24, 2.45) is 10.9 Å². The minimum absolute atomic E-state index is 0.150. The lowest BCUT2D eigenvalue weighted by Crippen LogP contribution is -2.24. The molecule has 0 bridgehead atoms. The van der Waals surface area contributed by atoms with Gasteiger partial charge in [0.2, 0.25) is 5.88 Å². The van der Waals surface area contributed by atoms with Gasteiger partial charge in [-0.1, -0.05) is 18.9 Å². The minimum Gasteiger partial charge on any atom is -0.481 e. The van der Waals surface area contributed by atoms with E-state index in [1.165, 1.54) is 18.4 Å². The average Bonchev–Trinajstić information content (AvgIpc) is 3.25. The van der Waals surface area contributed by atoms with Crippen LogP contribution in [0.3, 0.4) is 0 Å². The molecule has 0 radical (unpaired) electrons. The molecular weight excluding hydrogens is 392 g/mol. The van der Waals surface area contributed by atoms with E-state index in [0.29, 0.717) is 29.7 Å². The first-order valence-corrected chi connectivity index (χ1v) is 11.5. The lowest BCUT2D eigenvalue weighted by molar-refractivity contribution is 0.0667. The Bertz CT molecular complexity index is 960. The second-order valence-corrected chi connectivity index (χ2v) is 8.94. The van der Waals surface area contributed by atoms with Crippen LogP contribution in [0.15, 0.2) is 29.5 Å². The third-order valence-electron chi connectivity index (χ3n) is 7.04. The Hall–Kier alpha value is -2.54. The number of hydrogen-bond donors (Lipinski definition) is 0. The number of pyridine rings is 1. The molecule has 0 unspecified atom stereocenters. The zero-order chi connectivity index (χ0) is 21.2. The molecule has 3 aliphatic rings. The van der Waals surface area contributed by atoms with E-state index in [4.69, 9.17) is 14.5 Å². The smallest absolute Gasteiger partial charge is 0.212 e. The number of aromatic nitrogens is 3. The van der Waals surface area contributed by atoms with Crippen molar-refractivity contribution in [2.45, 2.75) is 63.3 Å². The average molecular weight is 423 g/mol. The maximum Gasteiger partial charge on any atom is 0.212 e. The Morgan fingerprint density at radius 1 is 1.13 bits per heavy atom. The number of carbonyl (C=O) groups excluding carboxylic acids is 1. The summed E-state index contributed by atoms with van der Waals surface area (Å²) in [4.78, 5) is 22.3. The lowest BCUT2D eigenvalue weighted by atomic mass is 9.73. The summed E-state index contributed by atoms with van der Waals surface area (Å²) >= 11 is 0. The summed E-state index contributed by atoms with van der Waals surface area (Å²) in [7, 11) is 1.64. The zero-order valence-corrected chi connectivity index (χ0v) is 18.1. The highest BCUT2D eigenvalue weighted by Crippen LogP contribution is 2.41. The molecule has 0 amide bonds. The fourth-order valence-corrected chi connectivity index (χ4v) is 5.37. The number of rotatable bonds is 5. The normalized spacial score (nSPS) is 24.5. The van der Waals surface area contributed by atoms with E-state index in [9.17, 15) is 4.79 Å². The number of fused-ring (bicyclic) bond motifs is 1. The van der Waals surface area contributed by atoms with E-state index in [2.05, 4.69) is 16.1 Å². The summed E-state index contributed by atoms with van der Waals surface area (Å²) < 4.78 is 12.7. The molecule has 31 heavy (non-hydrogen) atoms. The maximum absolute atomic E-state index is 12.9. The summed E-state index contributed by atoms with van der Waals surface area (Å²) in [6, 6.07) is 4.35. The molecule has 0 spiro atoms. The molecule has 164 valence electrons. The van der Waals surface area contributed by atoms with Gasteiger partial charge in [0.15, 0.2) is 11.6 Å². The number of Topliss-reactive ketones (excluding diaryl/α,β-unsaturated/α-hetero) is 1. The maximum atomic E-state index is 12.9. The molecule has 1 aliphatic carbocycles. The molecule has 2 aromatic heterocycles. The third-order valence-corrected chi connectivity index (χ3v) is 7.04. The van der Waals surface area contributed by atoms with Gasteiger partial charge in [0.1, 0.15) is 0 Å². The molecule has 7 heteroatoms. The molecule has 1 saturated heterocycles. The molecule has 2 aliphatic heterocycles. The van der Waals surface area contributed by atoms with Crippen LogP contribution in [0.2, 0.25) is 0 Å². The second kappa shape index (κ2) is 8.91. The van der Waals surface area contributed by atoms with Crippen LogP contribution in [-0.4, -0.2) is 46.6 Å². The highest BCUT2D eigenvalue weighted by Gasteiger charge is 2.32. The molecule has 5 rings (SSSR count). The summed E-state index contributed by atoms with van der Waals surface area (Å²) in [5.74, 6) is 2.49. The third kappa shape index (κ3) is 4.15. The van der Waals surface area contributed by atoms with Gasteiger partial charge in [0.05, 0.1) is 24.9 Å². The molecule has 2 aromatic rings. The van der Waals surface area contributed by atoms with Gasteiger partial charge in [-0.2, -0.15) is 5.10 Å². The van der Waals surface area contributed by atoms with Crippen molar-refractivity contribution in [3.05, 3.63) is 35.7 Å². The zero-order valence-electron chi connectivity index (χ0n) is 18.1. The van der Waals surface area contributed by atoms with Crippen molar-refractivity contribution in [3.63, 3.8) is 0 Å². The number of carbonyl (C=O) groups is 1. The number of ether oxygens (including phenoxy) is 2. The van der Waals surface area contributed by atoms with Gasteiger partial charge < -0.3 is 9.47 Å². The van der Waals surface area contributed by atoms with Gasteiger partial charge in [-0.25, -0.2) is 14.7 Å². The first-order chi connectivity index (χ1) is 15.2. The van der Waals surface area contributed by atoms with Gasteiger partial charge >= 0.3 is 0 Å². The number of hydrogen-bond acceptors (Lipinski definition) is 6. The van der Waals surface area contributed by atoms with Gasteiger partial charge in [-0.3, -0.25) is 4.79 Å². The summed E-state index contributed by atoms with van der Waals surface area (Å²) in [5, 5.41) is 4.55. The van der Waals surface area contributed by atoms with Crippen molar-refractivity contribution in [1.82, 2.24) is 14.8 Å². The fourth-order valence-electron chi connectivity index (χ4n) is 5.37. The van der Waals surface area contributed by atoms with Crippen LogP contribution in [0.25, 0.3) is 0 Å². The first kappa shape index (κ1) is 20.4. The Morgan fingerprint density at radius 2 is 1.97 bits per heavy atom. The molecule has 2 atom stereocenters. The molecule has 7 nitrogen and oxygen atoms in total. The molecular formula is C24H30N4O3. The highest BCUT2D eigenvalue weighted by molar-refractivity contribution is 6.15.